The lowest BCUT2D eigenvalue weighted by molar-refractivity contribution is 0.412. The molecule has 0 aromatic heterocycles. The number of hydrogen-bond donors (Lipinski definition) is 1. The molecule has 1 atom stereocenters. The molecule has 1 rings (SSSR count). The molecule has 1 aromatic rings. The van der Waals surface area contributed by atoms with Crippen LogP contribution >= 0.6 is 0 Å². The average molecular weight is 399 g/mol. The molecule has 1 unspecified atom stereocenters. The van der Waals surface area contributed by atoms with Crippen LogP contribution in [-0.4, -0.2) is 18.8 Å². The van der Waals surface area contributed by atoms with E-state index in [0.717, 1.165) is 44.9 Å². The topological polar surface area (TPSA) is 63.6 Å². The van der Waals surface area contributed by atoms with E-state index in [1.165, 1.54) is 25.3 Å². The Balaban J connectivity index is 2.70. The molecule has 1 N–H and O–H groups in total. The molecule has 0 spiro atoms. The third-order valence-electron chi connectivity index (χ3n) is 5.07. The van der Waals surface area contributed by atoms with Gasteiger partial charge in [-0.15, -0.1) is 0 Å². The Morgan fingerprint density at radius 1 is 0.889 bits per heavy atom. The summed E-state index contributed by atoms with van der Waals surface area (Å²) in [5.41, 5.74) is 0.609. The van der Waals surface area contributed by atoms with Gasteiger partial charge in [0.15, 0.2) is 11.5 Å². The highest BCUT2D eigenvalue weighted by molar-refractivity contribution is 7.87. The number of phenols is 1. The number of hydrogen-bond acceptors (Lipinski definition) is 4. The van der Waals surface area contributed by atoms with Crippen LogP contribution in [0.5, 0.6) is 11.5 Å². The van der Waals surface area contributed by atoms with Gasteiger partial charge in [-0.3, -0.25) is 0 Å². The predicted octanol–water partition coefficient (Wildman–Crippen LogP) is 6.50. The summed E-state index contributed by atoms with van der Waals surface area (Å²) in [5, 5.41) is 9.60. The molecule has 4 nitrogen and oxygen atoms in total. The maximum atomic E-state index is 12.9. The Hall–Kier alpha value is -1.23. The molecule has 0 heterocycles. The summed E-state index contributed by atoms with van der Waals surface area (Å²) in [6, 6.07) is 4.94. The molecule has 156 valence electrons. The summed E-state index contributed by atoms with van der Waals surface area (Å²) in [7, 11) is -3.76. The second-order valence-corrected chi connectivity index (χ2v) is 9.34. The van der Waals surface area contributed by atoms with E-state index in [0.29, 0.717) is 18.4 Å². The summed E-state index contributed by atoms with van der Waals surface area (Å²) in [5.74, 6) is -0.0538. The lowest BCUT2D eigenvalue weighted by Crippen LogP contribution is -2.26. The quantitative estimate of drug-likeness (QED) is 0.270. The fourth-order valence-electron chi connectivity index (χ4n) is 3.28. The van der Waals surface area contributed by atoms with Crippen molar-refractivity contribution in [3.63, 3.8) is 0 Å². The van der Waals surface area contributed by atoms with E-state index in [2.05, 4.69) is 13.8 Å². The zero-order valence-corrected chi connectivity index (χ0v) is 18.2. The third-order valence-corrected chi connectivity index (χ3v) is 6.77. The largest absolute Gasteiger partial charge is 0.504 e. The van der Waals surface area contributed by atoms with Crippen LogP contribution in [0, 0.1) is 6.92 Å². The summed E-state index contributed by atoms with van der Waals surface area (Å²) in [4.78, 5) is 0. The second kappa shape index (κ2) is 13.0. The van der Waals surface area contributed by atoms with Gasteiger partial charge >= 0.3 is 10.1 Å². The molecule has 1 aromatic carbocycles. The van der Waals surface area contributed by atoms with Crippen LogP contribution in [0.2, 0.25) is 0 Å². The molecule has 0 saturated heterocycles. The van der Waals surface area contributed by atoms with E-state index in [9.17, 15) is 13.5 Å². The van der Waals surface area contributed by atoms with Gasteiger partial charge in [0, 0.05) is 0 Å². The van der Waals surface area contributed by atoms with E-state index >= 15 is 0 Å². The summed E-state index contributed by atoms with van der Waals surface area (Å²) >= 11 is 0. The van der Waals surface area contributed by atoms with E-state index in [-0.39, 0.29) is 11.5 Å². The maximum absolute atomic E-state index is 12.9. The number of aromatic hydroxyl groups is 1. The van der Waals surface area contributed by atoms with Gasteiger partial charge in [-0.05, 0) is 31.4 Å². The number of unbranched alkanes of at least 4 members (excludes halogenated alkanes) is 8. The van der Waals surface area contributed by atoms with E-state index in [1.807, 2.05) is 0 Å². The highest BCUT2D eigenvalue weighted by atomic mass is 32.2. The normalized spacial score (nSPS) is 12.9. The minimum Gasteiger partial charge on any atom is -0.504 e. The zero-order valence-electron chi connectivity index (χ0n) is 17.4. The van der Waals surface area contributed by atoms with Crippen LogP contribution < -0.4 is 4.18 Å². The standard InChI is InChI=1S/C22H38O4S/c1-4-6-8-10-11-13-17-20(16-12-9-7-5-2)27(24,25)26-21-18-14-15-19(3)22(21)23/h14-15,18,20,23H,4-13,16-17H2,1-3H3. The van der Waals surface area contributed by atoms with Crippen molar-refractivity contribution >= 4 is 10.1 Å². The molecule has 0 radical (unpaired) electrons. The van der Waals surface area contributed by atoms with E-state index in [1.54, 1.807) is 19.1 Å². The maximum Gasteiger partial charge on any atom is 0.312 e. The average Bonchev–Trinajstić information content (AvgIpc) is 2.63. The van der Waals surface area contributed by atoms with Gasteiger partial charge in [-0.25, -0.2) is 0 Å². The Morgan fingerprint density at radius 2 is 1.41 bits per heavy atom. The fraction of sp³-hybridized carbons (Fsp3) is 0.727. The van der Waals surface area contributed by atoms with Crippen LogP contribution in [0.15, 0.2) is 18.2 Å². The highest BCUT2D eigenvalue weighted by Gasteiger charge is 2.28. The van der Waals surface area contributed by atoms with Crippen LogP contribution in [0.3, 0.4) is 0 Å². The molecular formula is C22H38O4S. The number of aryl methyl sites for hydroxylation is 1. The van der Waals surface area contributed by atoms with Crippen molar-refractivity contribution in [2.24, 2.45) is 0 Å². The molecular weight excluding hydrogens is 360 g/mol. The van der Waals surface area contributed by atoms with Crippen molar-refractivity contribution < 1.29 is 17.7 Å². The van der Waals surface area contributed by atoms with Gasteiger partial charge in [0.1, 0.15) is 0 Å². The van der Waals surface area contributed by atoms with Crippen LogP contribution in [-0.2, 0) is 10.1 Å². The molecule has 27 heavy (non-hydrogen) atoms. The van der Waals surface area contributed by atoms with Crippen molar-refractivity contribution in [3.8, 4) is 11.5 Å². The Labute approximate surface area is 166 Å². The molecule has 0 aliphatic rings. The first-order chi connectivity index (χ1) is 12.9. The van der Waals surface area contributed by atoms with Gasteiger partial charge in [0.25, 0.3) is 0 Å². The molecule has 0 aliphatic heterocycles. The minimum absolute atomic E-state index is 0.0384. The molecule has 0 fully saturated rings. The first-order valence-electron chi connectivity index (χ1n) is 10.6. The van der Waals surface area contributed by atoms with E-state index < -0.39 is 15.4 Å². The minimum atomic E-state index is -3.76. The van der Waals surface area contributed by atoms with Gasteiger partial charge in [0.05, 0.1) is 5.25 Å². The summed E-state index contributed by atoms with van der Waals surface area (Å²) in [6.07, 6.45) is 12.3. The SMILES string of the molecule is CCCCCCCCC(CCCCCC)S(=O)(=O)Oc1cccc(C)c1O. The molecule has 5 heteroatoms. The second-order valence-electron chi connectivity index (χ2n) is 7.53. The molecule has 0 saturated carbocycles. The van der Waals surface area contributed by atoms with Gasteiger partial charge in [0.2, 0.25) is 0 Å². The summed E-state index contributed by atoms with van der Waals surface area (Å²) < 4.78 is 31.1. The summed E-state index contributed by atoms with van der Waals surface area (Å²) in [6.45, 7) is 6.07. The number of rotatable bonds is 15. The van der Waals surface area contributed by atoms with Crippen LogP contribution in [0.1, 0.15) is 96.5 Å². The van der Waals surface area contributed by atoms with Crippen molar-refractivity contribution in [2.75, 3.05) is 0 Å². The Morgan fingerprint density at radius 3 is 2.00 bits per heavy atom. The Bertz CT molecular complexity index is 625. The number of phenolic OH excluding ortho intramolecular Hbond substituents is 1. The first-order valence-corrected chi connectivity index (χ1v) is 12.1. The van der Waals surface area contributed by atoms with Crippen molar-refractivity contribution in [1.82, 2.24) is 0 Å². The predicted molar refractivity (Wildman–Crippen MR) is 113 cm³/mol. The smallest absolute Gasteiger partial charge is 0.312 e. The third kappa shape index (κ3) is 9.00. The van der Waals surface area contributed by atoms with Crippen LogP contribution in [0.4, 0.5) is 0 Å². The van der Waals surface area contributed by atoms with Gasteiger partial charge < -0.3 is 9.29 Å². The Kier molecular flexibility index (Phi) is 11.5. The number of para-hydroxylation sites is 1. The molecule has 0 aliphatic carbocycles. The molecule has 0 amide bonds. The van der Waals surface area contributed by atoms with Crippen LogP contribution in [0.25, 0.3) is 0 Å². The first kappa shape index (κ1) is 23.8. The lowest BCUT2D eigenvalue weighted by atomic mass is 10.0. The van der Waals surface area contributed by atoms with E-state index in [4.69, 9.17) is 4.18 Å². The lowest BCUT2D eigenvalue weighted by Gasteiger charge is -2.18. The monoisotopic (exact) mass is 398 g/mol. The fourth-order valence-corrected chi connectivity index (χ4v) is 4.71. The van der Waals surface area contributed by atoms with Gasteiger partial charge in [-0.2, -0.15) is 8.42 Å². The zero-order chi connectivity index (χ0) is 20.1. The number of benzene rings is 1. The molecule has 0 bridgehead atoms. The van der Waals surface area contributed by atoms with Crippen molar-refractivity contribution in [2.45, 2.75) is 103 Å². The van der Waals surface area contributed by atoms with Gasteiger partial charge in [-0.1, -0.05) is 90.2 Å². The van der Waals surface area contributed by atoms with Crippen molar-refractivity contribution in [3.05, 3.63) is 23.8 Å². The van der Waals surface area contributed by atoms with Crippen molar-refractivity contribution in [1.29, 1.82) is 0 Å². The highest BCUT2D eigenvalue weighted by Crippen LogP contribution is 2.32.